The van der Waals surface area contributed by atoms with Gasteiger partial charge in [0.05, 0.1) is 5.69 Å². The van der Waals surface area contributed by atoms with Crippen LogP contribution in [-0.4, -0.2) is 34.8 Å². The Morgan fingerprint density at radius 2 is 1.87 bits per heavy atom. The fourth-order valence-electron chi connectivity index (χ4n) is 2.91. The minimum Gasteiger partial charge on any atom is -0.340 e. The van der Waals surface area contributed by atoms with Crippen LogP contribution in [0.2, 0.25) is 0 Å². The smallest absolute Gasteiger partial charge is 0.251 e. The number of aryl methyl sites for hydroxylation is 2. The Balaban J connectivity index is 1.69. The zero-order chi connectivity index (χ0) is 21.5. The van der Waals surface area contributed by atoms with Crippen molar-refractivity contribution in [2.45, 2.75) is 26.3 Å². The van der Waals surface area contributed by atoms with Gasteiger partial charge in [-0.3, -0.25) is 9.59 Å². The second kappa shape index (κ2) is 10.4. The first-order valence-electron chi connectivity index (χ1n) is 9.66. The Hall–Kier alpha value is -2.64. The van der Waals surface area contributed by atoms with Crippen LogP contribution in [0.3, 0.4) is 0 Å². The third-order valence-electron chi connectivity index (χ3n) is 4.59. The van der Waals surface area contributed by atoms with Crippen molar-refractivity contribution in [2.75, 3.05) is 17.3 Å². The molecule has 0 saturated carbocycles. The zero-order valence-corrected chi connectivity index (χ0v) is 18.9. The lowest BCUT2D eigenvalue weighted by atomic mass is 10.1. The lowest BCUT2D eigenvalue weighted by molar-refractivity contribution is -0.118. The summed E-state index contributed by atoms with van der Waals surface area (Å²) in [6.45, 7) is 3.97. The summed E-state index contributed by atoms with van der Waals surface area (Å²) in [5.74, 6) is 0.257. The van der Waals surface area contributed by atoms with Crippen LogP contribution in [-0.2, 0) is 4.79 Å². The summed E-state index contributed by atoms with van der Waals surface area (Å²) in [6, 6.07) is 14.8. The van der Waals surface area contributed by atoms with Crippen molar-refractivity contribution in [3.05, 3.63) is 70.6 Å². The van der Waals surface area contributed by atoms with Crippen LogP contribution >= 0.6 is 23.1 Å². The molecular weight excluding hydrogens is 414 g/mol. The van der Waals surface area contributed by atoms with Gasteiger partial charge in [0.25, 0.3) is 5.91 Å². The Bertz CT molecular complexity index is 1020. The van der Waals surface area contributed by atoms with Crippen molar-refractivity contribution < 1.29 is 9.59 Å². The number of nitrogens with one attached hydrogen (secondary N) is 2. The molecule has 0 bridgehead atoms. The van der Waals surface area contributed by atoms with E-state index in [1.165, 1.54) is 16.9 Å². The molecule has 0 aliphatic heterocycles. The highest BCUT2D eigenvalue weighted by molar-refractivity contribution is 7.98. The predicted octanol–water partition coefficient (Wildman–Crippen LogP) is 4.92. The molecule has 0 aliphatic carbocycles. The van der Waals surface area contributed by atoms with Gasteiger partial charge >= 0.3 is 0 Å². The van der Waals surface area contributed by atoms with Gasteiger partial charge in [0.1, 0.15) is 6.04 Å². The number of hydrogen-bond donors (Lipinski definition) is 2. The quantitative estimate of drug-likeness (QED) is 0.523. The molecule has 5 nitrogen and oxygen atoms in total. The van der Waals surface area contributed by atoms with Crippen LogP contribution in [0.1, 0.15) is 27.9 Å². The van der Waals surface area contributed by atoms with Crippen molar-refractivity contribution in [1.29, 1.82) is 0 Å². The molecule has 3 aromatic rings. The van der Waals surface area contributed by atoms with E-state index < -0.39 is 6.04 Å². The van der Waals surface area contributed by atoms with Crippen LogP contribution in [0.5, 0.6) is 0 Å². The first-order valence-corrected chi connectivity index (χ1v) is 11.9. The fraction of sp³-hybridized carbons (Fsp3) is 0.261. The standard InChI is InChI=1S/C23H25N3O2S2/c1-15-7-9-17(10-8-15)20-14-30-23(25-20)26-22(28)19(11-12-29-3)24-21(27)18-6-4-5-16(2)13-18/h4-10,13-14,19H,11-12H2,1-3H3,(H,24,27)(H,25,26,28)/t19-/m1/s1. The normalized spacial score (nSPS) is 11.7. The average Bonchev–Trinajstić information content (AvgIpc) is 3.19. The van der Waals surface area contributed by atoms with Crippen molar-refractivity contribution in [3.63, 3.8) is 0 Å². The highest BCUT2D eigenvalue weighted by Crippen LogP contribution is 2.25. The van der Waals surface area contributed by atoms with E-state index in [1.807, 2.05) is 67.9 Å². The van der Waals surface area contributed by atoms with Crippen molar-refractivity contribution in [2.24, 2.45) is 0 Å². The number of carbonyl (C=O) groups is 2. The maximum atomic E-state index is 12.9. The van der Waals surface area contributed by atoms with Crippen molar-refractivity contribution in [3.8, 4) is 11.3 Å². The predicted molar refractivity (Wildman–Crippen MR) is 126 cm³/mol. The monoisotopic (exact) mass is 439 g/mol. The van der Waals surface area contributed by atoms with Crippen molar-refractivity contribution in [1.82, 2.24) is 10.3 Å². The van der Waals surface area contributed by atoms with Gasteiger partial charge in [-0.25, -0.2) is 4.98 Å². The molecule has 0 aliphatic rings. The highest BCUT2D eigenvalue weighted by atomic mass is 32.2. The van der Waals surface area contributed by atoms with Gasteiger partial charge in [-0.15, -0.1) is 11.3 Å². The molecule has 156 valence electrons. The molecule has 2 aromatic carbocycles. The molecule has 2 N–H and O–H groups in total. The number of nitrogens with zero attached hydrogens (tertiary/aromatic N) is 1. The average molecular weight is 440 g/mol. The van der Waals surface area contributed by atoms with Gasteiger partial charge in [-0.05, 0) is 44.4 Å². The van der Waals surface area contributed by atoms with E-state index >= 15 is 0 Å². The maximum absolute atomic E-state index is 12.9. The summed E-state index contributed by atoms with van der Waals surface area (Å²) in [4.78, 5) is 30.0. The number of thioether (sulfide) groups is 1. The molecule has 0 radical (unpaired) electrons. The summed E-state index contributed by atoms with van der Waals surface area (Å²) in [5.41, 5.74) is 4.55. The molecule has 0 spiro atoms. The summed E-state index contributed by atoms with van der Waals surface area (Å²) in [6.07, 6.45) is 2.52. The molecule has 30 heavy (non-hydrogen) atoms. The molecule has 0 unspecified atom stereocenters. The van der Waals surface area contributed by atoms with E-state index in [4.69, 9.17) is 0 Å². The molecule has 3 rings (SSSR count). The third kappa shape index (κ3) is 5.93. The summed E-state index contributed by atoms with van der Waals surface area (Å²) >= 11 is 3.01. The molecule has 7 heteroatoms. The fourth-order valence-corrected chi connectivity index (χ4v) is 4.11. The number of thiazole rings is 1. The second-order valence-corrected chi connectivity index (χ2v) is 8.91. The van der Waals surface area contributed by atoms with E-state index in [0.717, 1.165) is 22.6 Å². The zero-order valence-electron chi connectivity index (χ0n) is 17.3. The topological polar surface area (TPSA) is 71.1 Å². The van der Waals surface area contributed by atoms with Crippen molar-refractivity contribution >= 4 is 40.0 Å². The number of benzene rings is 2. The van der Waals surface area contributed by atoms with Crippen LogP contribution < -0.4 is 10.6 Å². The van der Waals surface area contributed by atoms with E-state index in [0.29, 0.717) is 17.1 Å². The van der Waals surface area contributed by atoms with E-state index in [-0.39, 0.29) is 11.8 Å². The lowest BCUT2D eigenvalue weighted by Crippen LogP contribution is -2.44. The maximum Gasteiger partial charge on any atom is 0.251 e. The minimum atomic E-state index is -0.628. The number of anilines is 1. The van der Waals surface area contributed by atoms with E-state index in [1.54, 1.807) is 17.8 Å². The molecule has 0 fully saturated rings. The van der Waals surface area contributed by atoms with Crippen LogP contribution in [0.25, 0.3) is 11.3 Å². The lowest BCUT2D eigenvalue weighted by Gasteiger charge is -2.17. The molecule has 1 heterocycles. The summed E-state index contributed by atoms with van der Waals surface area (Å²) in [7, 11) is 0. The summed E-state index contributed by atoms with van der Waals surface area (Å²) < 4.78 is 0. The number of rotatable bonds is 8. The Morgan fingerprint density at radius 3 is 2.57 bits per heavy atom. The third-order valence-corrected chi connectivity index (χ3v) is 6.00. The number of carbonyl (C=O) groups excluding carboxylic acids is 2. The molecular formula is C23H25N3O2S2. The van der Waals surface area contributed by atoms with E-state index in [9.17, 15) is 9.59 Å². The first-order chi connectivity index (χ1) is 14.5. The van der Waals surface area contributed by atoms with Gasteiger partial charge in [0.2, 0.25) is 5.91 Å². The number of aromatic nitrogens is 1. The molecule has 0 saturated heterocycles. The van der Waals surface area contributed by atoms with Gasteiger partial charge in [0, 0.05) is 16.5 Å². The number of hydrogen-bond acceptors (Lipinski definition) is 5. The second-order valence-electron chi connectivity index (χ2n) is 7.07. The van der Waals surface area contributed by atoms with Gasteiger partial charge in [-0.2, -0.15) is 11.8 Å². The Kier molecular flexibility index (Phi) is 7.65. The van der Waals surface area contributed by atoms with Gasteiger partial charge in [-0.1, -0.05) is 47.5 Å². The van der Waals surface area contributed by atoms with Gasteiger partial charge < -0.3 is 10.6 Å². The largest absolute Gasteiger partial charge is 0.340 e. The van der Waals surface area contributed by atoms with Crippen LogP contribution in [0.4, 0.5) is 5.13 Å². The Labute approximate surface area is 185 Å². The molecule has 1 atom stereocenters. The van der Waals surface area contributed by atoms with Crippen LogP contribution in [0.15, 0.2) is 53.9 Å². The van der Waals surface area contributed by atoms with E-state index in [2.05, 4.69) is 15.6 Å². The molecule has 2 amide bonds. The Morgan fingerprint density at radius 1 is 1.10 bits per heavy atom. The first kappa shape index (κ1) is 22.1. The summed E-state index contributed by atoms with van der Waals surface area (Å²) in [5, 5.41) is 8.18. The molecule has 1 aromatic heterocycles. The number of amides is 2. The SMILES string of the molecule is CSCC[C@@H](NC(=O)c1cccc(C)c1)C(=O)Nc1nc(-c2ccc(C)cc2)cs1. The van der Waals surface area contributed by atoms with Crippen LogP contribution in [0, 0.1) is 13.8 Å². The minimum absolute atomic E-state index is 0.251. The van der Waals surface area contributed by atoms with Gasteiger partial charge in [0.15, 0.2) is 5.13 Å². The highest BCUT2D eigenvalue weighted by Gasteiger charge is 2.22.